The standard InChI is InChI=1S/C17H16F3NO4S/c18-17(19,20)13-7-4-11(2-1-3-16(22)23)15(10-13)12-5-8-14(9-6-12)26(21,24)25/h4-10H,1-3H2,(H,22,23)(H2,21,24,25). The van der Waals surface area contributed by atoms with Crippen LogP contribution in [0.5, 0.6) is 0 Å². The fraction of sp³-hybridized carbons (Fsp3) is 0.235. The van der Waals surface area contributed by atoms with E-state index in [0.29, 0.717) is 11.1 Å². The Hall–Kier alpha value is -2.39. The Bertz CT molecular complexity index is 907. The molecule has 9 heteroatoms. The van der Waals surface area contributed by atoms with E-state index in [2.05, 4.69) is 0 Å². The zero-order valence-electron chi connectivity index (χ0n) is 13.5. The van der Waals surface area contributed by atoms with Gasteiger partial charge in [-0.1, -0.05) is 18.2 Å². The molecule has 0 aromatic heterocycles. The van der Waals surface area contributed by atoms with Gasteiger partial charge in [0, 0.05) is 6.42 Å². The van der Waals surface area contributed by atoms with E-state index in [0.717, 1.165) is 12.1 Å². The van der Waals surface area contributed by atoms with Crippen molar-refractivity contribution >= 4 is 16.0 Å². The molecule has 0 aliphatic carbocycles. The summed E-state index contributed by atoms with van der Waals surface area (Å²) in [6.07, 6.45) is -4.10. The number of primary sulfonamides is 1. The van der Waals surface area contributed by atoms with E-state index in [1.165, 1.54) is 30.3 Å². The quantitative estimate of drug-likeness (QED) is 0.794. The summed E-state index contributed by atoms with van der Waals surface area (Å²) in [5.74, 6) is -0.990. The summed E-state index contributed by atoms with van der Waals surface area (Å²) < 4.78 is 61.7. The first-order valence-corrected chi connectivity index (χ1v) is 9.08. The minimum Gasteiger partial charge on any atom is -0.481 e. The summed E-state index contributed by atoms with van der Waals surface area (Å²) in [6, 6.07) is 8.40. The van der Waals surface area contributed by atoms with Crippen LogP contribution in [0.1, 0.15) is 24.0 Å². The zero-order chi connectivity index (χ0) is 19.5. The maximum Gasteiger partial charge on any atom is 0.416 e. The predicted octanol–water partition coefficient (Wildman–Crippen LogP) is 3.43. The van der Waals surface area contributed by atoms with Gasteiger partial charge in [-0.25, -0.2) is 13.6 Å². The highest BCUT2D eigenvalue weighted by molar-refractivity contribution is 7.89. The molecule has 0 spiro atoms. The highest BCUT2D eigenvalue weighted by atomic mass is 32.2. The number of halogens is 3. The number of rotatable bonds is 6. The normalized spacial score (nSPS) is 12.2. The third-order valence-electron chi connectivity index (χ3n) is 3.77. The van der Waals surface area contributed by atoms with E-state index in [1.807, 2.05) is 0 Å². The Balaban J connectivity index is 2.46. The number of carboxylic acid groups (broad SMARTS) is 1. The second kappa shape index (κ2) is 7.46. The molecule has 0 aliphatic heterocycles. The summed E-state index contributed by atoms with van der Waals surface area (Å²) in [6.45, 7) is 0. The van der Waals surface area contributed by atoms with Crippen molar-refractivity contribution in [2.75, 3.05) is 0 Å². The molecule has 0 fully saturated rings. The minimum atomic E-state index is -4.53. The molecule has 2 aromatic carbocycles. The average molecular weight is 387 g/mol. The molecule has 0 saturated heterocycles. The molecule has 0 heterocycles. The van der Waals surface area contributed by atoms with E-state index in [1.54, 1.807) is 0 Å². The van der Waals surface area contributed by atoms with Gasteiger partial charge in [-0.2, -0.15) is 13.2 Å². The monoisotopic (exact) mass is 387 g/mol. The third kappa shape index (κ3) is 5.06. The summed E-state index contributed by atoms with van der Waals surface area (Å²) in [5, 5.41) is 13.7. The number of benzene rings is 2. The number of carbonyl (C=O) groups is 1. The lowest BCUT2D eigenvalue weighted by atomic mass is 9.94. The number of carboxylic acids is 1. The van der Waals surface area contributed by atoms with Crippen molar-refractivity contribution in [3.05, 3.63) is 53.6 Å². The molecule has 140 valence electrons. The van der Waals surface area contributed by atoms with Crippen LogP contribution in [0, 0.1) is 0 Å². The van der Waals surface area contributed by atoms with Gasteiger partial charge in [0.15, 0.2) is 0 Å². The Labute approximate surface area is 148 Å². The average Bonchev–Trinajstić information content (AvgIpc) is 2.53. The van der Waals surface area contributed by atoms with Crippen LogP contribution in [0.25, 0.3) is 11.1 Å². The molecule has 3 N–H and O–H groups in total. The molecular weight excluding hydrogens is 371 g/mol. The lowest BCUT2D eigenvalue weighted by molar-refractivity contribution is -0.138. The summed E-state index contributed by atoms with van der Waals surface area (Å²) in [4.78, 5) is 10.5. The van der Waals surface area contributed by atoms with Crippen LogP contribution < -0.4 is 5.14 Å². The van der Waals surface area contributed by atoms with Crippen LogP contribution in [-0.4, -0.2) is 19.5 Å². The molecule has 0 bridgehead atoms. The van der Waals surface area contributed by atoms with Crippen molar-refractivity contribution in [1.82, 2.24) is 0 Å². The van der Waals surface area contributed by atoms with Gasteiger partial charge in [0.05, 0.1) is 10.5 Å². The number of sulfonamides is 1. The number of hydrogen-bond donors (Lipinski definition) is 2. The van der Waals surface area contributed by atoms with Crippen molar-refractivity contribution in [1.29, 1.82) is 0 Å². The van der Waals surface area contributed by atoms with Gasteiger partial charge in [0.2, 0.25) is 10.0 Å². The number of aryl methyl sites for hydroxylation is 1. The smallest absolute Gasteiger partial charge is 0.416 e. The maximum absolute atomic E-state index is 13.0. The SMILES string of the molecule is NS(=O)(=O)c1ccc(-c2cc(C(F)(F)F)ccc2CCCC(=O)O)cc1. The Morgan fingerprint density at radius 3 is 2.19 bits per heavy atom. The molecule has 0 aliphatic rings. The second-order valence-electron chi connectivity index (χ2n) is 5.69. The van der Waals surface area contributed by atoms with Gasteiger partial charge in [-0.05, 0) is 53.8 Å². The molecule has 0 radical (unpaired) electrons. The van der Waals surface area contributed by atoms with Crippen molar-refractivity contribution in [3.8, 4) is 11.1 Å². The largest absolute Gasteiger partial charge is 0.481 e. The zero-order valence-corrected chi connectivity index (χ0v) is 14.3. The van der Waals surface area contributed by atoms with Crippen LogP contribution in [-0.2, 0) is 27.4 Å². The molecule has 2 rings (SSSR count). The molecule has 0 unspecified atom stereocenters. The Morgan fingerprint density at radius 1 is 1.08 bits per heavy atom. The van der Waals surface area contributed by atoms with Crippen LogP contribution in [0.4, 0.5) is 13.2 Å². The van der Waals surface area contributed by atoms with E-state index < -0.39 is 27.7 Å². The summed E-state index contributed by atoms with van der Waals surface area (Å²) in [5.41, 5.74) is 0.354. The lowest BCUT2D eigenvalue weighted by Gasteiger charge is -2.14. The first-order chi connectivity index (χ1) is 12.0. The molecule has 0 saturated carbocycles. The number of alkyl halides is 3. The van der Waals surface area contributed by atoms with E-state index in [4.69, 9.17) is 10.2 Å². The lowest BCUT2D eigenvalue weighted by Crippen LogP contribution is -2.11. The van der Waals surface area contributed by atoms with E-state index in [-0.39, 0.29) is 29.7 Å². The first kappa shape index (κ1) is 19.9. The Morgan fingerprint density at radius 2 is 1.69 bits per heavy atom. The second-order valence-corrected chi connectivity index (χ2v) is 7.25. The van der Waals surface area contributed by atoms with Crippen LogP contribution >= 0.6 is 0 Å². The third-order valence-corrected chi connectivity index (χ3v) is 4.70. The highest BCUT2D eigenvalue weighted by Gasteiger charge is 2.31. The number of aliphatic carboxylic acids is 1. The van der Waals surface area contributed by atoms with E-state index in [9.17, 15) is 26.4 Å². The molecule has 5 nitrogen and oxygen atoms in total. The van der Waals surface area contributed by atoms with Crippen molar-refractivity contribution < 1.29 is 31.5 Å². The first-order valence-electron chi connectivity index (χ1n) is 7.53. The van der Waals surface area contributed by atoms with Crippen molar-refractivity contribution in [2.45, 2.75) is 30.3 Å². The van der Waals surface area contributed by atoms with Crippen molar-refractivity contribution in [3.63, 3.8) is 0 Å². The van der Waals surface area contributed by atoms with Gasteiger partial charge >= 0.3 is 12.1 Å². The highest BCUT2D eigenvalue weighted by Crippen LogP contribution is 2.34. The molecular formula is C17H16F3NO4S. The molecule has 0 atom stereocenters. The topological polar surface area (TPSA) is 97.5 Å². The number of hydrogen-bond acceptors (Lipinski definition) is 3. The van der Waals surface area contributed by atoms with Gasteiger partial charge in [0.1, 0.15) is 0 Å². The van der Waals surface area contributed by atoms with Crippen LogP contribution in [0.15, 0.2) is 47.4 Å². The van der Waals surface area contributed by atoms with Gasteiger partial charge < -0.3 is 5.11 Å². The predicted molar refractivity (Wildman–Crippen MR) is 88.8 cm³/mol. The van der Waals surface area contributed by atoms with Crippen LogP contribution in [0.2, 0.25) is 0 Å². The van der Waals surface area contributed by atoms with Gasteiger partial charge in [0.25, 0.3) is 0 Å². The summed E-state index contributed by atoms with van der Waals surface area (Å²) >= 11 is 0. The minimum absolute atomic E-state index is 0.106. The van der Waals surface area contributed by atoms with Gasteiger partial charge in [-0.3, -0.25) is 4.79 Å². The van der Waals surface area contributed by atoms with E-state index >= 15 is 0 Å². The molecule has 2 aromatic rings. The number of nitrogens with two attached hydrogens (primary N) is 1. The van der Waals surface area contributed by atoms with Gasteiger partial charge in [-0.15, -0.1) is 0 Å². The maximum atomic E-state index is 13.0. The molecule has 0 amide bonds. The van der Waals surface area contributed by atoms with Crippen LogP contribution in [0.3, 0.4) is 0 Å². The molecule has 26 heavy (non-hydrogen) atoms. The summed E-state index contributed by atoms with van der Waals surface area (Å²) in [7, 11) is -3.91. The fourth-order valence-electron chi connectivity index (χ4n) is 2.49. The fourth-order valence-corrected chi connectivity index (χ4v) is 3.01. The van der Waals surface area contributed by atoms with Crippen molar-refractivity contribution in [2.24, 2.45) is 5.14 Å². The Kier molecular flexibility index (Phi) is 5.72.